The van der Waals surface area contributed by atoms with Gasteiger partial charge < -0.3 is 14.7 Å². The van der Waals surface area contributed by atoms with Gasteiger partial charge in [0.1, 0.15) is 0 Å². The Kier molecular flexibility index (Phi) is 4.67. The first-order chi connectivity index (χ1) is 15.0. The SMILES string of the molecule is Cc1nn(-c2ccccc2)c2nc(C(=O)O)cc(-c3ccc(N(C)C4COC4)cc3)c12. The molecular formula is C24H22N4O3. The van der Waals surface area contributed by atoms with Crippen LogP contribution in [0, 0.1) is 6.92 Å². The van der Waals surface area contributed by atoms with Gasteiger partial charge in [0, 0.05) is 12.7 Å². The van der Waals surface area contributed by atoms with E-state index in [1.165, 1.54) is 0 Å². The first-order valence-electron chi connectivity index (χ1n) is 10.1. The summed E-state index contributed by atoms with van der Waals surface area (Å²) >= 11 is 0. The van der Waals surface area contributed by atoms with Crippen molar-refractivity contribution in [3.63, 3.8) is 0 Å². The number of pyridine rings is 1. The van der Waals surface area contributed by atoms with Crippen molar-refractivity contribution in [3.05, 3.63) is 72.1 Å². The van der Waals surface area contributed by atoms with Crippen molar-refractivity contribution >= 4 is 22.7 Å². The molecule has 0 radical (unpaired) electrons. The van der Waals surface area contributed by atoms with Gasteiger partial charge in [0.05, 0.1) is 36.0 Å². The number of likely N-dealkylation sites (N-methyl/N-ethyl adjacent to an activating group) is 1. The zero-order valence-electron chi connectivity index (χ0n) is 17.3. The number of aromatic carboxylic acids is 1. The molecule has 1 N–H and O–H groups in total. The lowest BCUT2D eigenvalue weighted by Gasteiger charge is -2.36. The van der Waals surface area contributed by atoms with Crippen LogP contribution in [0.5, 0.6) is 0 Å². The molecule has 0 spiro atoms. The van der Waals surface area contributed by atoms with Gasteiger partial charge in [0.15, 0.2) is 11.3 Å². The molecule has 0 amide bonds. The number of hydrogen-bond donors (Lipinski definition) is 1. The molecule has 0 saturated carbocycles. The molecule has 5 rings (SSSR count). The van der Waals surface area contributed by atoms with E-state index in [0.29, 0.717) is 11.7 Å². The summed E-state index contributed by atoms with van der Waals surface area (Å²) in [6, 6.07) is 19.8. The van der Waals surface area contributed by atoms with Gasteiger partial charge in [-0.1, -0.05) is 30.3 Å². The van der Waals surface area contributed by atoms with Crippen LogP contribution in [0.15, 0.2) is 60.7 Å². The number of aryl methyl sites for hydroxylation is 1. The molecule has 1 fully saturated rings. The lowest BCUT2D eigenvalue weighted by molar-refractivity contribution is 0.0101. The Morgan fingerprint density at radius 1 is 1.13 bits per heavy atom. The van der Waals surface area contributed by atoms with E-state index in [9.17, 15) is 9.90 Å². The first-order valence-corrected chi connectivity index (χ1v) is 10.1. The van der Waals surface area contributed by atoms with E-state index in [4.69, 9.17) is 4.74 Å². The Hall–Kier alpha value is -3.71. The molecule has 1 aliphatic rings. The molecule has 7 nitrogen and oxygen atoms in total. The molecule has 0 bridgehead atoms. The average Bonchev–Trinajstić information content (AvgIpc) is 3.09. The van der Waals surface area contributed by atoms with Crippen LogP contribution in [0.25, 0.3) is 27.8 Å². The summed E-state index contributed by atoms with van der Waals surface area (Å²) in [5, 5.41) is 15.2. The minimum Gasteiger partial charge on any atom is -0.477 e. The van der Waals surface area contributed by atoms with E-state index in [2.05, 4.69) is 34.2 Å². The van der Waals surface area contributed by atoms with Crippen molar-refractivity contribution in [2.24, 2.45) is 0 Å². The minimum absolute atomic E-state index is 0.00704. The van der Waals surface area contributed by atoms with Crippen LogP contribution >= 0.6 is 0 Å². The third kappa shape index (κ3) is 3.33. The summed E-state index contributed by atoms with van der Waals surface area (Å²) in [5.74, 6) is -1.07. The Morgan fingerprint density at radius 3 is 2.45 bits per heavy atom. The van der Waals surface area contributed by atoms with Crippen LogP contribution in [-0.2, 0) is 4.74 Å². The number of rotatable bonds is 5. The highest BCUT2D eigenvalue weighted by atomic mass is 16.5. The molecule has 31 heavy (non-hydrogen) atoms. The van der Waals surface area contributed by atoms with E-state index in [1.54, 1.807) is 10.7 Å². The summed E-state index contributed by atoms with van der Waals surface area (Å²) in [6.45, 7) is 3.40. The van der Waals surface area contributed by atoms with E-state index >= 15 is 0 Å². The number of para-hydroxylation sites is 1. The molecule has 0 unspecified atom stereocenters. The summed E-state index contributed by atoms with van der Waals surface area (Å²) < 4.78 is 7.00. The van der Waals surface area contributed by atoms with Crippen LogP contribution in [0.1, 0.15) is 16.2 Å². The molecule has 4 aromatic rings. The molecule has 0 aliphatic carbocycles. The summed E-state index contributed by atoms with van der Waals surface area (Å²) in [5.41, 5.74) is 4.99. The lowest BCUT2D eigenvalue weighted by atomic mass is 10.0. The summed E-state index contributed by atoms with van der Waals surface area (Å²) in [4.78, 5) is 18.5. The van der Waals surface area contributed by atoms with Gasteiger partial charge >= 0.3 is 5.97 Å². The number of fused-ring (bicyclic) bond motifs is 1. The number of nitrogens with zero attached hydrogens (tertiary/aromatic N) is 4. The second kappa shape index (κ2) is 7.52. The molecular weight excluding hydrogens is 392 g/mol. The fourth-order valence-corrected chi connectivity index (χ4v) is 3.91. The topological polar surface area (TPSA) is 80.5 Å². The lowest BCUT2D eigenvalue weighted by Crippen LogP contribution is -2.47. The van der Waals surface area contributed by atoms with Crippen molar-refractivity contribution in [2.75, 3.05) is 25.2 Å². The second-order valence-electron chi connectivity index (χ2n) is 7.74. The van der Waals surface area contributed by atoms with Gasteiger partial charge in [-0.25, -0.2) is 14.5 Å². The molecule has 2 aromatic heterocycles. The normalized spacial score (nSPS) is 13.9. The molecule has 1 saturated heterocycles. The first kappa shape index (κ1) is 19.3. The van der Waals surface area contributed by atoms with Gasteiger partial charge in [0.25, 0.3) is 0 Å². The fraction of sp³-hybridized carbons (Fsp3) is 0.208. The molecule has 3 heterocycles. The van der Waals surface area contributed by atoms with Crippen molar-refractivity contribution in [3.8, 4) is 16.8 Å². The maximum atomic E-state index is 11.8. The highest BCUT2D eigenvalue weighted by Gasteiger charge is 2.24. The van der Waals surface area contributed by atoms with Gasteiger partial charge in [-0.05, 0) is 48.4 Å². The maximum absolute atomic E-state index is 11.8. The molecule has 0 atom stereocenters. The Bertz CT molecular complexity index is 1260. The number of hydrogen-bond acceptors (Lipinski definition) is 5. The number of carboxylic acid groups (broad SMARTS) is 1. The van der Waals surface area contributed by atoms with Crippen LogP contribution in [0.4, 0.5) is 5.69 Å². The van der Waals surface area contributed by atoms with Gasteiger partial charge in [-0.15, -0.1) is 0 Å². The largest absolute Gasteiger partial charge is 0.477 e. The van der Waals surface area contributed by atoms with Gasteiger partial charge in [-0.3, -0.25) is 0 Å². The standard InChI is InChI=1S/C24H22N4O3/c1-15-22-20(16-8-10-17(11-9-16)27(2)19-13-31-14-19)12-21(24(29)30)25-23(22)28(26-15)18-6-4-3-5-7-18/h3-12,19H,13-14H2,1-2H3,(H,29,30). The average molecular weight is 414 g/mol. The monoisotopic (exact) mass is 414 g/mol. The minimum atomic E-state index is -1.07. The fourth-order valence-electron chi connectivity index (χ4n) is 3.91. The zero-order valence-corrected chi connectivity index (χ0v) is 17.3. The number of aromatic nitrogens is 3. The van der Waals surface area contributed by atoms with Gasteiger partial charge in [-0.2, -0.15) is 5.10 Å². The Labute approximate surface area is 179 Å². The van der Waals surface area contributed by atoms with E-state index < -0.39 is 5.97 Å². The van der Waals surface area contributed by atoms with Crippen LogP contribution < -0.4 is 4.90 Å². The maximum Gasteiger partial charge on any atom is 0.354 e. The third-order valence-corrected chi connectivity index (χ3v) is 5.79. The van der Waals surface area contributed by atoms with Crippen LogP contribution in [0.2, 0.25) is 0 Å². The number of carboxylic acids is 1. The second-order valence-corrected chi connectivity index (χ2v) is 7.74. The quantitative estimate of drug-likeness (QED) is 0.533. The van der Waals surface area contributed by atoms with Crippen molar-refractivity contribution < 1.29 is 14.6 Å². The van der Waals surface area contributed by atoms with Crippen molar-refractivity contribution in [1.29, 1.82) is 0 Å². The predicted octanol–water partition coefficient (Wildman–Crippen LogP) is 3.93. The smallest absolute Gasteiger partial charge is 0.354 e. The Balaban J connectivity index is 1.66. The highest BCUT2D eigenvalue weighted by molar-refractivity contribution is 6.00. The number of anilines is 1. The summed E-state index contributed by atoms with van der Waals surface area (Å²) in [7, 11) is 2.06. The van der Waals surface area contributed by atoms with E-state index in [0.717, 1.165) is 46.8 Å². The number of carbonyl (C=O) groups is 1. The van der Waals surface area contributed by atoms with Crippen molar-refractivity contribution in [2.45, 2.75) is 13.0 Å². The number of ether oxygens (including phenoxy) is 1. The third-order valence-electron chi connectivity index (χ3n) is 5.79. The highest BCUT2D eigenvalue weighted by Crippen LogP contribution is 2.33. The van der Waals surface area contributed by atoms with Crippen LogP contribution in [0.3, 0.4) is 0 Å². The summed E-state index contributed by atoms with van der Waals surface area (Å²) in [6.07, 6.45) is 0. The van der Waals surface area contributed by atoms with E-state index in [1.807, 2.05) is 49.4 Å². The zero-order chi connectivity index (χ0) is 21.5. The van der Waals surface area contributed by atoms with Crippen molar-refractivity contribution in [1.82, 2.24) is 14.8 Å². The molecule has 2 aromatic carbocycles. The van der Waals surface area contributed by atoms with Gasteiger partial charge in [0.2, 0.25) is 0 Å². The molecule has 156 valence electrons. The Morgan fingerprint density at radius 2 is 1.84 bits per heavy atom. The molecule has 1 aliphatic heterocycles. The molecule has 7 heteroatoms. The number of benzene rings is 2. The van der Waals surface area contributed by atoms with Crippen LogP contribution in [-0.4, -0.2) is 52.1 Å². The van der Waals surface area contributed by atoms with E-state index in [-0.39, 0.29) is 5.69 Å². The predicted molar refractivity (Wildman–Crippen MR) is 119 cm³/mol.